The van der Waals surface area contributed by atoms with Crippen LogP contribution in [0.15, 0.2) is 10.5 Å². The van der Waals surface area contributed by atoms with Crippen LogP contribution in [-0.4, -0.2) is 24.2 Å². The number of rotatable bonds is 6. The lowest BCUT2D eigenvalue weighted by atomic mass is 10.2. The molecule has 0 aliphatic heterocycles. The Balaban J connectivity index is 2.27. The molecule has 0 amide bonds. The molecule has 2 N–H and O–H groups in total. The van der Waals surface area contributed by atoms with Crippen molar-refractivity contribution in [2.45, 2.75) is 12.8 Å². The predicted molar refractivity (Wildman–Crippen MR) is 65.6 cm³/mol. The molecule has 0 saturated carbocycles. The lowest BCUT2D eigenvalue weighted by molar-refractivity contribution is -0.135. The maximum Gasteiger partial charge on any atom is 0.317 e. The largest absolute Gasteiger partial charge is 0.480 e. The Labute approximate surface area is 106 Å². The first-order valence-electron chi connectivity index (χ1n) is 4.74. The van der Waals surface area contributed by atoms with Crippen molar-refractivity contribution in [3.63, 3.8) is 0 Å². The van der Waals surface area contributed by atoms with Crippen LogP contribution in [0.2, 0.25) is 0 Å². The number of thiophene rings is 1. The Morgan fingerprint density at radius 2 is 2.44 bits per heavy atom. The van der Waals surface area contributed by atoms with Crippen LogP contribution in [0.25, 0.3) is 0 Å². The second kappa shape index (κ2) is 6.63. The van der Waals surface area contributed by atoms with E-state index in [4.69, 9.17) is 10.4 Å². The van der Waals surface area contributed by atoms with Gasteiger partial charge in [0.25, 0.3) is 0 Å². The molecule has 0 aliphatic rings. The van der Waals surface area contributed by atoms with Crippen LogP contribution in [0.3, 0.4) is 0 Å². The lowest BCUT2D eigenvalue weighted by Gasteiger charge is -1.99. The normalized spacial score (nSPS) is 10.0. The first-order valence-corrected chi connectivity index (χ1v) is 6.35. The highest BCUT2D eigenvalue weighted by Crippen LogP contribution is 2.27. The summed E-state index contributed by atoms with van der Waals surface area (Å²) in [5.41, 5.74) is 0. The van der Waals surface area contributed by atoms with E-state index in [1.165, 1.54) is 11.3 Å². The molecule has 86 valence electrons. The van der Waals surface area contributed by atoms with Crippen molar-refractivity contribution in [3.8, 4) is 6.07 Å². The number of carboxylic acid groups (broad SMARTS) is 1. The van der Waals surface area contributed by atoms with Gasteiger partial charge in [0, 0.05) is 9.35 Å². The zero-order valence-corrected chi connectivity index (χ0v) is 10.9. The van der Waals surface area contributed by atoms with Gasteiger partial charge in [-0.15, -0.1) is 11.3 Å². The topological polar surface area (TPSA) is 73.1 Å². The lowest BCUT2D eigenvalue weighted by Crippen LogP contribution is -2.23. The fourth-order valence-electron chi connectivity index (χ4n) is 1.20. The summed E-state index contributed by atoms with van der Waals surface area (Å²) in [6, 6.07) is 4.06. The predicted octanol–water partition coefficient (Wildman–Crippen LogP) is 1.99. The summed E-state index contributed by atoms with van der Waals surface area (Å²) in [4.78, 5) is 12.0. The van der Waals surface area contributed by atoms with E-state index >= 15 is 0 Å². The molecule has 0 spiro atoms. The molecule has 1 aromatic rings. The molecular formula is C10H11BrN2O2S. The van der Waals surface area contributed by atoms with Gasteiger partial charge in [-0.2, -0.15) is 5.26 Å². The van der Waals surface area contributed by atoms with E-state index in [1.807, 2.05) is 6.07 Å². The van der Waals surface area contributed by atoms with E-state index in [1.54, 1.807) is 0 Å². The number of carbonyl (C=O) groups is 1. The molecule has 4 nitrogen and oxygen atoms in total. The van der Waals surface area contributed by atoms with E-state index < -0.39 is 5.97 Å². The molecule has 0 aromatic carbocycles. The molecule has 0 radical (unpaired) electrons. The van der Waals surface area contributed by atoms with Crippen molar-refractivity contribution in [1.82, 2.24) is 5.32 Å². The SMILES string of the molecule is N#Cc1sc(CCCNCC(=O)O)cc1Br. The number of nitrogens with one attached hydrogen (secondary N) is 1. The first kappa shape index (κ1) is 13.2. The van der Waals surface area contributed by atoms with Crippen molar-refractivity contribution in [2.75, 3.05) is 13.1 Å². The Kier molecular flexibility index (Phi) is 5.46. The number of hydrogen-bond donors (Lipinski definition) is 2. The molecular weight excluding hydrogens is 292 g/mol. The number of nitriles is 1. The Bertz CT molecular complexity index is 411. The van der Waals surface area contributed by atoms with Gasteiger partial charge in [-0.3, -0.25) is 4.79 Å². The molecule has 0 aliphatic carbocycles. The van der Waals surface area contributed by atoms with Gasteiger partial charge in [0.1, 0.15) is 10.9 Å². The molecule has 0 fully saturated rings. The summed E-state index contributed by atoms with van der Waals surface area (Å²) in [6.07, 6.45) is 1.72. The van der Waals surface area contributed by atoms with Crippen molar-refractivity contribution in [3.05, 3.63) is 20.3 Å². The summed E-state index contributed by atoms with van der Waals surface area (Å²) < 4.78 is 0.841. The summed E-state index contributed by atoms with van der Waals surface area (Å²) in [5.74, 6) is -0.842. The van der Waals surface area contributed by atoms with Crippen molar-refractivity contribution in [1.29, 1.82) is 5.26 Å². The van der Waals surface area contributed by atoms with E-state index in [0.717, 1.165) is 22.2 Å². The van der Waals surface area contributed by atoms with Crippen LogP contribution in [0.4, 0.5) is 0 Å². The molecule has 0 unspecified atom stereocenters. The van der Waals surface area contributed by atoms with E-state index in [0.29, 0.717) is 11.4 Å². The van der Waals surface area contributed by atoms with E-state index in [9.17, 15) is 4.79 Å². The third kappa shape index (κ3) is 4.31. The second-order valence-corrected chi connectivity index (χ2v) is 5.17. The van der Waals surface area contributed by atoms with Crippen molar-refractivity contribution < 1.29 is 9.90 Å². The van der Waals surface area contributed by atoms with Gasteiger partial charge in [-0.05, 0) is 41.4 Å². The van der Waals surface area contributed by atoms with E-state index in [2.05, 4.69) is 27.3 Å². The summed E-state index contributed by atoms with van der Waals surface area (Å²) in [6.45, 7) is 0.668. The molecule has 0 bridgehead atoms. The first-order chi connectivity index (χ1) is 7.63. The van der Waals surface area contributed by atoms with Crippen molar-refractivity contribution >= 4 is 33.2 Å². The molecule has 1 aromatic heterocycles. The van der Waals surface area contributed by atoms with Crippen LogP contribution in [-0.2, 0) is 11.2 Å². The van der Waals surface area contributed by atoms with Crippen LogP contribution >= 0.6 is 27.3 Å². The molecule has 6 heteroatoms. The maximum absolute atomic E-state index is 10.2. The van der Waals surface area contributed by atoms with Gasteiger partial charge in [-0.1, -0.05) is 0 Å². The highest BCUT2D eigenvalue weighted by atomic mass is 79.9. The molecule has 1 rings (SSSR count). The number of hydrogen-bond acceptors (Lipinski definition) is 4. The number of carboxylic acids is 1. The van der Waals surface area contributed by atoms with Crippen LogP contribution in [0.5, 0.6) is 0 Å². The molecule has 0 atom stereocenters. The summed E-state index contributed by atoms with van der Waals surface area (Å²) in [5, 5.41) is 20.0. The summed E-state index contributed by atoms with van der Waals surface area (Å²) in [7, 11) is 0. The van der Waals surface area contributed by atoms with Gasteiger partial charge in [0.2, 0.25) is 0 Å². The molecule has 0 saturated heterocycles. The van der Waals surface area contributed by atoms with Gasteiger partial charge in [0.15, 0.2) is 0 Å². The highest BCUT2D eigenvalue weighted by molar-refractivity contribution is 9.10. The number of aliphatic carboxylic acids is 1. The average Bonchev–Trinajstić information content (AvgIpc) is 2.58. The minimum atomic E-state index is -0.842. The smallest absolute Gasteiger partial charge is 0.317 e. The zero-order valence-electron chi connectivity index (χ0n) is 8.49. The van der Waals surface area contributed by atoms with Crippen molar-refractivity contribution in [2.24, 2.45) is 0 Å². The fraction of sp³-hybridized carbons (Fsp3) is 0.400. The number of nitrogens with zero attached hydrogens (tertiary/aromatic N) is 1. The standard InChI is InChI=1S/C10H11BrN2O2S/c11-8-4-7(16-9(8)5-12)2-1-3-13-6-10(14)15/h4,13H,1-3,6H2,(H,14,15). The minimum absolute atomic E-state index is 0.00240. The maximum atomic E-state index is 10.2. The monoisotopic (exact) mass is 302 g/mol. The second-order valence-electron chi connectivity index (χ2n) is 3.18. The van der Waals surface area contributed by atoms with Gasteiger partial charge in [-0.25, -0.2) is 0 Å². The number of halogens is 1. The van der Waals surface area contributed by atoms with E-state index in [-0.39, 0.29) is 6.54 Å². The fourth-order valence-corrected chi connectivity index (χ4v) is 2.85. The van der Waals surface area contributed by atoms with Gasteiger partial charge < -0.3 is 10.4 Å². The minimum Gasteiger partial charge on any atom is -0.480 e. The van der Waals surface area contributed by atoms with Crippen LogP contribution in [0.1, 0.15) is 16.2 Å². The Morgan fingerprint density at radius 1 is 1.69 bits per heavy atom. The average molecular weight is 303 g/mol. The summed E-state index contributed by atoms with van der Waals surface area (Å²) >= 11 is 4.79. The highest BCUT2D eigenvalue weighted by Gasteiger charge is 2.05. The quantitative estimate of drug-likeness (QED) is 0.788. The molecule has 16 heavy (non-hydrogen) atoms. The molecule has 1 heterocycles. The Hall–Kier alpha value is -0.900. The van der Waals surface area contributed by atoms with Gasteiger partial charge in [0.05, 0.1) is 6.54 Å². The third-order valence-electron chi connectivity index (χ3n) is 1.89. The van der Waals surface area contributed by atoms with Gasteiger partial charge >= 0.3 is 5.97 Å². The van der Waals surface area contributed by atoms with Crippen LogP contribution < -0.4 is 5.32 Å². The Morgan fingerprint density at radius 3 is 3.00 bits per heavy atom. The zero-order chi connectivity index (χ0) is 12.0. The van der Waals surface area contributed by atoms with Crippen LogP contribution in [0, 0.1) is 11.3 Å². The third-order valence-corrected chi connectivity index (χ3v) is 3.88. The number of aryl methyl sites for hydroxylation is 1.